The van der Waals surface area contributed by atoms with Crippen molar-refractivity contribution < 1.29 is 8.42 Å². The SMILES string of the molecule is CNCC1CCN(S(=O)(=O)c2cc(Cl)cc(Cl)c2)CC1.Cl. The summed E-state index contributed by atoms with van der Waals surface area (Å²) < 4.78 is 26.6. The molecule has 4 nitrogen and oxygen atoms in total. The van der Waals surface area contributed by atoms with E-state index in [9.17, 15) is 8.42 Å². The van der Waals surface area contributed by atoms with Gasteiger partial charge in [-0.15, -0.1) is 12.4 Å². The van der Waals surface area contributed by atoms with Crippen LogP contribution in [-0.4, -0.2) is 39.4 Å². The van der Waals surface area contributed by atoms with Crippen molar-refractivity contribution in [2.24, 2.45) is 5.92 Å². The molecule has 0 radical (unpaired) electrons. The summed E-state index contributed by atoms with van der Waals surface area (Å²) in [4.78, 5) is 0.169. The number of sulfonamides is 1. The van der Waals surface area contributed by atoms with Gasteiger partial charge in [0.2, 0.25) is 10.0 Å². The van der Waals surface area contributed by atoms with Gasteiger partial charge < -0.3 is 5.32 Å². The van der Waals surface area contributed by atoms with Gasteiger partial charge in [-0.25, -0.2) is 8.42 Å². The number of halogens is 3. The molecule has 2 rings (SSSR count). The van der Waals surface area contributed by atoms with Gasteiger partial charge in [-0.3, -0.25) is 0 Å². The molecular formula is C13H19Cl3N2O2S. The molecule has 0 amide bonds. The molecule has 120 valence electrons. The Morgan fingerprint density at radius 2 is 1.71 bits per heavy atom. The largest absolute Gasteiger partial charge is 0.319 e. The molecule has 1 aliphatic rings. The second kappa shape index (κ2) is 7.99. The number of hydrogen-bond acceptors (Lipinski definition) is 3. The maximum Gasteiger partial charge on any atom is 0.243 e. The van der Waals surface area contributed by atoms with E-state index in [-0.39, 0.29) is 17.3 Å². The van der Waals surface area contributed by atoms with Crippen LogP contribution in [0.1, 0.15) is 12.8 Å². The van der Waals surface area contributed by atoms with Crippen LogP contribution in [0.25, 0.3) is 0 Å². The quantitative estimate of drug-likeness (QED) is 0.882. The minimum absolute atomic E-state index is 0. The third-order valence-electron chi connectivity index (χ3n) is 3.54. The van der Waals surface area contributed by atoms with Gasteiger partial charge in [0.25, 0.3) is 0 Å². The predicted molar refractivity (Wildman–Crippen MR) is 89.1 cm³/mol. The molecule has 1 aliphatic heterocycles. The number of hydrogen-bond donors (Lipinski definition) is 1. The minimum Gasteiger partial charge on any atom is -0.319 e. The molecule has 1 aromatic carbocycles. The summed E-state index contributed by atoms with van der Waals surface area (Å²) in [5.74, 6) is 0.536. The van der Waals surface area contributed by atoms with E-state index >= 15 is 0 Å². The second-order valence-corrected chi connectivity index (χ2v) is 7.82. The molecule has 8 heteroatoms. The zero-order chi connectivity index (χ0) is 14.8. The molecule has 1 heterocycles. The zero-order valence-corrected chi connectivity index (χ0v) is 14.8. The van der Waals surface area contributed by atoms with Crippen molar-refractivity contribution in [1.82, 2.24) is 9.62 Å². The molecule has 0 bridgehead atoms. The van der Waals surface area contributed by atoms with Crippen LogP contribution >= 0.6 is 35.6 Å². The molecule has 1 fully saturated rings. The predicted octanol–water partition coefficient (Wildman–Crippen LogP) is 3.04. The molecule has 21 heavy (non-hydrogen) atoms. The lowest BCUT2D eigenvalue weighted by molar-refractivity contribution is 0.270. The van der Waals surface area contributed by atoms with Gasteiger partial charge >= 0.3 is 0 Å². The molecule has 0 spiro atoms. The molecule has 1 saturated heterocycles. The summed E-state index contributed by atoms with van der Waals surface area (Å²) >= 11 is 11.8. The van der Waals surface area contributed by atoms with Crippen molar-refractivity contribution in [3.63, 3.8) is 0 Å². The van der Waals surface area contributed by atoms with Crippen molar-refractivity contribution in [1.29, 1.82) is 0 Å². The van der Waals surface area contributed by atoms with E-state index in [1.807, 2.05) is 7.05 Å². The summed E-state index contributed by atoms with van der Waals surface area (Å²) in [6.07, 6.45) is 1.74. The monoisotopic (exact) mass is 372 g/mol. The number of rotatable bonds is 4. The van der Waals surface area contributed by atoms with Crippen molar-refractivity contribution >= 4 is 45.6 Å². The van der Waals surface area contributed by atoms with Crippen LogP contribution < -0.4 is 5.32 Å². The minimum atomic E-state index is -3.50. The summed E-state index contributed by atoms with van der Waals surface area (Å²) in [7, 11) is -1.59. The average molecular weight is 374 g/mol. The molecule has 0 unspecified atom stereocenters. The smallest absolute Gasteiger partial charge is 0.243 e. The van der Waals surface area contributed by atoms with Crippen molar-refractivity contribution in [3.05, 3.63) is 28.2 Å². The fourth-order valence-electron chi connectivity index (χ4n) is 2.47. The summed E-state index contributed by atoms with van der Waals surface area (Å²) in [5.41, 5.74) is 0. The molecule has 1 N–H and O–H groups in total. The molecule has 0 aliphatic carbocycles. The Labute approximate surface area is 142 Å². The van der Waals surface area contributed by atoms with E-state index in [4.69, 9.17) is 23.2 Å². The number of nitrogens with one attached hydrogen (secondary N) is 1. The Morgan fingerprint density at radius 1 is 1.19 bits per heavy atom. The van der Waals surface area contributed by atoms with Crippen LogP contribution in [0.4, 0.5) is 0 Å². The fraction of sp³-hybridized carbons (Fsp3) is 0.538. The van der Waals surface area contributed by atoms with Crippen molar-refractivity contribution in [3.8, 4) is 0 Å². The van der Waals surface area contributed by atoms with Gasteiger partial charge in [0.1, 0.15) is 0 Å². The Morgan fingerprint density at radius 3 is 2.19 bits per heavy atom. The zero-order valence-electron chi connectivity index (χ0n) is 11.7. The highest BCUT2D eigenvalue weighted by Crippen LogP contribution is 2.27. The Bertz CT molecular complexity index is 553. The van der Waals surface area contributed by atoms with Gasteiger partial charge in [-0.2, -0.15) is 4.31 Å². The normalized spacial score (nSPS) is 17.5. The second-order valence-electron chi connectivity index (χ2n) is 5.01. The van der Waals surface area contributed by atoms with Crippen LogP contribution in [-0.2, 0) is 10.0 Å². The van der Waals surface area contributed by atoms with Gasteiger partial charge in [-0.05, 0) is 50.6 Å². The van der Waals surface area contributed by atoms with E-state index in [1.54, 1.807) is 0 Å². The first-order chi connectivity index (χ1) is 9.43. The molecule has 0 aromatic heterocycles. The van der Waals surface area contributed by atoms with E-state index < -0.39 is 10.0 Å². The van der Waals surface area contributed by atoms with Gasteiger partial charge in [0, 0.05) is 23.1 Å². The first-order valence-corrected chi connectivity index (χ1v) is 8.74. The number of benzene rings is 1. The fourth-order valence-corrected chi connectivity index (χ4v) is 4.67. The first-order valence-electron chi connectivity index (χ1n) is 6.54. The van der Waals surface area contributed by atoms with Crippen LogP contribution in [0.3, 0.4) is 0 Å². The molecule has 0 saturated carbocycles. The lowest BCUT2D eigenvalue weighted by atomic mass is 9.98. The summed E-state index contributed by atoms with van der Waals surface area (Å²) in [5, 5.41) is 3.80. The average Bonchev–Trinajstić information content (AvgIpc) is 2.38. The first kappa shape index (κ1) is 19.0. The van der Waals surface area contributed by atoms with Crippen LogP contribution in [0.15, 0.2) is 23.1 Å². The standard InChI is InChI=1S/C13H18Cl2N2O2S.ClH/c1-16-9-10-2-4-17(5-3-10)20(18,19)13-7-11(14)6-12(15)8-13;/h6-8,10,16H,2-5,9H2,1H3;1H. The molecular weight excluding hydrogens is 355 g/mol. The van der Waals surface area contributed by atoms with Crippen molar-refractivity contribution in [2.45, 2.75) is 17.7 Å². The van der Waals surface area contributed by atoms with Crippen LogP contribution in [0.5, 0.6) is 0 Å². The van der Waals surface area contributed by atoms with Crippen LogP contribution in [0.2, 0.25) is 10.0 Å². The number of nitrogens with zero attached hydrogens (tertiary/aromatic N) is 1. The molecule has 1 aromatic rings. The van der Waals surface area contributed by atoms with Crippen LogP contribution in [0, 0.1) is 5.92 Å². The number of piperidine rings is 1. The van der Waals surface area contributed by atoms with Gasteiger partial charge in [-0.1, -0.05) is 23.2 Å². The topological polar surface area (TPSA) is 49.4 Å². The highest BCUT2D eigenvalue weighted by Gasteiger charge is 2.29. The molecule has 0 atom stereocenters. The maximum absolute atomic E-state index is 12.5. The lowest BCUT2D eigenvalue weighted by Gasteiger charge is -2.31. The van der Waals surface area contributed by atoms with Gasteiger partial charge in [0.15, 0.2) is 0 Å². The summed E-state index contributed by atoms with van der Waals surface area (Å²) in [6.45, 7) is 2.01. The third kappa shape index (κ3) is 4.71. The highest BCUT2D eigenvalue weighted by atomic mass is 35.5. The Hall–Kier alpha value is -0.0400. The third-order valence-corrected chi connectivity index (χ3v) is 5.85. The summed E-state index contributed by atoms with van der Waals surface area (Å²) in [6, 6.07) is 4.42. The van der Waals surface area contributed by atoms with E-state index in [0.717, 1.165) is 19.4 Å². The Kier molecular flexibility index (Phi) is 7.24. The van der Waals surface area contributed by atoms with E-state index in [0.29, 0.717) is 29.1 Å². The highest BCUT2D eigenvalue weighted by molar-refractivity contribution is 7.89. The Balaban J connectivity index is 0.00000220. The van der Waals surface area contributed by atoms with E-state index in [2.05, 4.69) is 5.32 Å². The van der Waals surface area contributed by atoms with Crippen molar-refractivity contribution in [2.75, 3.05) is 26.7 Å². The van der Waals surface area contributed by atoms with Gasteiger partial charge in [0.05, 0.1) is 4.90 Å². The van der Waals surface area contributed by atoms with E-state index in [1.165, 1.54) is 22.5 Å². The lowest BCUT2D eigenvalue weighted by Crippen LogP contribution is -2.40. The maximum atomic E-state index is 12.5.